The molecule has 8 heteroatoms. The van der Waals surface area contributed by atoms with Crippen LogP contribution in [0.5, 0.6) is 5.75 Å². The fourth-order valence-corrected chi connectivity index (χ4v) is 2.24. The first-order chi connectivity index (χ1) is 12.1. The van der Waals surface area contributed by atoms with Gasteiger partial charge in [0.2, 0.25) is 0 Å². The number of hydrogen-bond donors (Lipinski definition) is 0. The molecule has 0 saturated carbocycles. The summed E-state index contributed by atoms with van der Waals surface area (Å²) in [6.45, 7) is 3.22. The standard InChI is InChI=1S/C17H14N2O3.C2H5O.O.V/c1-11(18-19-17(21)15-7-4-10-22-15)16-13-6-3-2-5-12(13)8-9-14(16)20;1-2-3;;/h2-10,20H,1H3,(H,19,21);2H2,1H3;;/q;-1;-2;/p-2/b18-11+;;;. The van der Waals surface area contributed by atoms with E-state index >= 15 is 0 Å². The van der Waals surface area contributed by atoms with Gasteiger partial charge in [0.25, 0.3) is 0 Å². The quantitative estimate of drug-likeness (QED) is 0.369. The molecule has 3 rings (SSSR count). The average Bonchev–Trinajstić information content (AvgIpc) is 3.15. The smallest absolute Gasteiger partial charge is 0.139 e. The Labute approximate surface area is 168 Å². The first-order valence-electron chi connectivity index (χ1n) is 7.68. The molecule has 3 aromatic rings. The van der Waals surface area contributed by atoms with Crippen LogP contribution in [0.15, 0.2) is 69.4 Å². The van der Waals surface area contributed by atoms with Crippen LogP contribution in [0, 0.1) is 0 Å². The van der Waals surface area contributed by atoms with Gasteiger partial charge in [0.15, 0.2) is 0 Å². The van der Waals surface area contributed by atoms with E-state index < -0.39 is 5.90 Å². The summed E-state index contributed by atoms with van der Waals surface area (Å²) in [4.78, 5) is 0. The Morgan fingerprint density at radius 2 is 1.70 bits per heavy atom. The molecule has 0 bridgehead atoms. The van der Waals surface area contributed by atoms with Gasteiger partial charge in [0.05, 0.1) is 17.9 Å². The van der Waals surface area contributed by atoms with Crippen molar-refractivity contribution in [2.24, 2.45) is 10.2 Å². The number of fused-ring (bicyclic) bond motifs is 1. The van der Waals surface area contributed by atoms with Crippen molar-refractivity contribution < 1.29 is 43.8 Å². The van der Waals surface area contributed by atoms with E-state index in [9.17, 15) is 10.2 Å². The summed E-state index contributed by atoms with van der Waals surface area (Å²) in [5.74, 6) is -0.630. The van der Waals surface area contributed by atoms with Gasteiger partial charge in [-0.1, -0.05) is 49.1 Å². The van der Waals surface area contributed by atoms with E-state index in [0.717, 1.165) is 10.8 Å². The fourth-order valence-electron chi connectivity index (χ4n) is 2.24. The Kier molecular flexibility index (Phi) is 10.8. The first kappa shape index (κ1) is 24.4. The predicted octanol–water partition coefficient (Wildman–Crippen LogP) is 1.28. The molecule has 1 heterocycles. The maximum atomic E-state index is 12.1. The molecule has 27 heavy (non-hydrogen) atoms. The van der Waals surface area contributed by atoms with Crippen molar-refractivity contribution in [1.29, 1.82) is 0 Å². The van der Waals surface area contributed by atoms with Crippen LogP contribution in [0.3, 0.4) is 0 Å². The second kappa shape index (κ2) is 11.9. The van der Waals surface area contributed by atoms with Gasteiger partial charge in [-0.25, -0.2) is 0 Å². The summed E-state index contributed by atoms with van der Waals surface area (Å²) in [5, 5.41) is 42.0. The minimum absolute atomic E-state index is 0. The summed E-state index contributed by atoms with van der Waals surface area (Å²) in [6, 6.07) is 13.9. The maximum Gasteiger partial charge on any atom is 0.139 e. The molecule has 7 nitrogen and oxygen atoms in total. The van der Waals surface area contributed by atoms with Crippen LogP contribution in [0.2, 0.25) is 0 Å². The topological polar surface area (TPSA) is 136 Å². The van der Waals surface area contributed by atoms with Gasteiger partial charge in [-0.3, -0.25) is 0 Å². The number of hydrogen-bond acceptors (Lipinski definition) is 6. The van der Waals surface area contributed by atoms with E-state index in [1.54, 1.807) is 26.0 Å². The average molecular weight is 404 g/mol. The van der Waals surface area contributed by atoms with Crippen LogP contribution in [-0.2, 0) is 24.0 Å². The Hall–Kier alpha value is -2.58. The van der Waals surface area contributed by atoms with Crippen LogP contribution in [-0.4, -0.2) is 18.2 Å². The van der Waals surface area contributed by atoms with E-state index in [1.807, 2.05) is 24.3 Å². The van der Waals surface area contributed by atoms with Crippen molar-refractivity contribution in [3.63, 3.8) is 0 Å². The number of furan rings is 1. The zero-order valence-electron chi connectivity index (χ0n) is 14.8. The van der Waals surface area contributed by atoms with Crippen LogP contribution in [0.25, 0.3) is 10.8 Å². The van der Waals surface area contributed by atoms with Crippen molar-refractivity contribution in [3.05, 3.63) is 66.1 Å². The van der Waals surface area contributed by atoms with Crippen LogP contribution in [0.1, 0.15) is 25.2 Å². The van der Waals surface area contributed by atoms with Gasteiger partial charge in [-0.05, 0) is 35.4 Å². The van der Waals surface area contributed by atoms with E-state index in [4.69, 9.17) is 9.52 Å². The monoisotopic (exact) mass is 404 g/mol. The third-order valence-corrected chi connectivity index (χ3v) is 3.28. The maximum absolute atomic E-state index is 12.1. The largest absolute Gasteiger partial charge is 2.00 e. The van der Waals surface area contributed by atoms with Gasteiger partial charge < -0.3 is 25.2 Å². The van der Waals surface area contributed by atoms with Crippen molar-refractivity contribution in [2.45, 2.75) is 13.8 Å². The molecule has 0 N–H and O–H groups in total. The molecule has 0 aliphatic heterocycles. The molecule has 0 aliphatic carbocycles. The second-order valence-electron chi connectivity index (χ2n) is 5.02. The van der Waals surface area contributed by atoms with Crippen molar-refractivity contribution in [1.82, 2.24) is 0 Å². The third-order valence-electron chi connectivity index (χ3n) is 3.28. The van der Waals surface area contributed by atoms with Crippen LogP contribution < -0.4 is 15.3 Å². The van der Waals surface area contributed by atoms with Gasteiger partial charge >= 0.3 is 0 Å². The normalized spacial score (nSPS) is 11.1. The van der Waals surface area contributed by atoms with E-state index in [2.05, 4.69) is 10.2 Å². The molecule has 0 amide bonds. The van der Waals surface area contributed by atoms with Gasteiger partial charge in [0.1, 0.15) is 5.76 Å². The Morgan fingerprint density at radius 1 is 1.04 bits per heavy atom. The molecular weight excluding hydrogens is 387 g/mol. The zero-order valence-corrected chi connectivity index (χ0v) is 16.2. The molecule has 2 aromatic carbocycles. The Bertz CT molecular complexity index is 892. The van der Waals surface area contributed by atoms with E-state index in [1.165, 1.54) is 18.4 Å². The minimum Gasteiger partial charge on any atom is -2.00 e. The molecule has 0 saturated heterocycles. The molecule has 0 aliphatic rings. The van der Waals surface area contributed by atoms with Gasteiger partial charge in [0, 0.05) is 18.6 Å². The van der Waals surface area contributed by atoms with Crippen LogP contribution >= 0.6 is 0 Å². The molecule has 0 unspecified atom stereocenters. The Morgan fingerprint density at radius 3 is 2.33 bits per heavy atom. The number of rotatable bonds is 3. The minimum atomic E-state index is -0.586. The third kappa shape index (κ3) is 6.27. The molecule has 0 spiro atoms. The van der Waals surface area contributed by atoms with Crippen molar-refractivity contribution in [2.75, 3.05) is 6.61 Å². The van der Waals surface area contributed by atoms with Gasteiger partial charge in [-0.2, -0.15) is 10.2 Å². The summed E-state index contributed by atoms with van der Waals surface area (Å²) < 4.78 is 4.95. The van der Waals surface area contributed by atoms with E-state index in [0.29, 0.717) is 11.3 Å². The molecule has 1 radical (unpaired) electrons. The van der Waals surface area contributed by atoms with Gasteiger partial charge in [-0.15, -0.1) is 6.61 Å². The summed E-state index contributed by atoms with van der Waals surface area (Å²) in [5.41, 5.74) is 0.843. The van der Waals surface area contributed by atoms with Crippen LogP contribution in [0.4, 0.5) is 0 Å². The van der Waals surface area contributed by atoms with Crippen molar-refractivity contribution in [3.8, 4) is 5.75 Å². The molecule has 0 fully saturated rings. The van der Waals surface area contributed by atoms with E-state index in [-0.39, 0.29) is 42.1 Å². The summed E-state index contributed by atoms with van der Waals surface area (Å²) in [6.07, 6.45) is 1.39. The molecule has 0 atom stereocenters. The molecular formula is C19H17N2O5V-5. The van der Waals surface area contributed by atoms with Crippen molar-refractivity contribution >= 4 is 22.4 Å². The zero-order chi connectivity index (χ0) is 18.2. The summed E-state index contributed by atoms with van der Waals surface area (Å²) in [7, 11) is 0. The second-order valence-corrected chi connectivity index (χ2v) is 5.02. The SMILES string of the molecule is C/C(=N\N=C(/[O-])c1ccco1)c1c([O-])ccc2ccccc12.CC[O-].[O-2].[V]. The molecule has 143 valence electrons. The predicted molar refractivity (Wildman–Crippen MR) is 92.1 cm³/mol. The summed E-state index contributed by atoms with van der Waals surface area (Å²) >= 11 is 0. The fraction of sp³-hybridized carbons (Fsp3) is 0.158. The number of nitrogens with zero attached hydrogens (tertiary/aromatic N) is 2. The molecule has 1 aromatic heterocycles. The Balaban J connectivity index is 0.00000127. The first-order valence-corrected chi connectivity index (χ1v) is 7.68. The number of benzene rings is 2.